The smallest absolute Gasteiger partial charge is 0.316 e. The largest absolute Gasteiger partial charge is 0.480 e. The number of carboxylic acid groups (broad SMARTS) is 1. The third-order valence-electron chi connectivity index (χ3n) is 1.53. The molecule has 1 fully saturated rings. The van der Waals surface area contributed by atoms with E-state index in [1.165, 1.54) is 12.8 Å². The van der Waals surface area contributed by atoms with E-state index < -0.39 is 5.97 Å². The Kier molecular flexibility index (Phi) is 2.60. The number of carbonyl (C=O) groups is 1. The van der Waals surface area contributed by atoms with Crippen LogP contribution >= 0.6 is 11.8 Å². The number of carboxylic acids is 1. The molecular formula is C7H12O2S. The highest BCUT2D eigenvalue weighted by Gasteiger charge is 2.28. The Morgan fingerprint density at radius 2 is 2.40 bits per heavy atom. The van der Waals surface area contributed by atoms with E-state index in [4.69, 9.17) is 5.11 Å². The summed E-state index contributed by atoms with van der Waals surface area (Å²) in [6.45, 7) is 1.92. The maximum Gasteiger partial charge on any atom is 0.316 e. The van der Waals surface area contributed by atoms with Gasteiger partial charge in [0.25, 0.3) is 0 Å². The maximum atomic E-state index is 10.5. The van der Waals surface area contributed by atoms with Gasteiger partial charge in [0.1, 0.15) is 5.25 Å². The van der Waals surface area contributed by atoms with Crippen molar-refractivity contribution in [1.82, 2.24) is 0 Å². The fourth-order valence-corrected chi connectivity index (χ4v) is 1.95. The van der Waals surface area contributed by atoms with Crippen LogP contribution in [0.4, 0.5) is 0 Å². The molecule has 1 rings (SSSR count). The third-order valence-corrected chi connectivity index (χ3v) is 3.25. The van der Waals surface area contributed by atoms with Gasteiger partial charge in [0.2, 0.25) is 0 Å². The average molecular weight is 160 g/mol. The lowest BCUT2D eigenvalue weighted by atomic mass is 10.3. The molecule has 1 saturated carbocycles. The van der Waals surface area contributed by atoms with Crippen molar-refractivity contribution in [1.29, 1.82) is 0 Å². The van der Waals surface area contributed by atoms with E-state index in [0.29, 0.717) is 5.25 Å². The van der Waals surface area contributed by atoms with Crippen LogP contribution in [0.1, 0.15) is 26.2 Å². The fourth-order valence-electron chi connectivity index (χ4n) is 0.765. The summed E-state index contributed by atoms with van der Waals surface area (Å²) in [6, 6.07) is 0. The van der Waals surface area contributed by atoms with E-state index in [1.807, 2.05) is 6.92 Å². The molecule has 1 aliphatic rings. The summed E-state index contributed by atoms with van der Waals surface area (Å²) in [4.78, 5) is 10.5. The first-order valence-electron chi connectivity index (χ1n) is 3.62. The summed E-state index contributed by atoms with van der Waals surface area (Å²) < 4.78 is 0. The molecule has 3 heteroatoms. The van der Waals surface area contributed by atoms with Crippen molar-refractivity contribution >= 4 is 17.7 Å². The molecule has 0 aromatic carbocycles. The number of rotatable bonds is 4. The monoisotopic (exact) mass is 160 g/mol. The van der Waals surface area contributed by atoms with E-state index >= 15 is 0 Å². The van der Waals surface area contributed by atoms with E-state index in [1.54, 1.807) is 11.8 Å². The standard InChI is InChI=1S/C7H12O2S/c1-2-6(7(8)9)10-5-3-4-5/h5-6H,2-4H2,1H3,(H,8,9). The SMILES string of the molecule is CCC(SC1CC1)C(=O)O. The number of aliphatic carboxylic acids is 1. The van der Waals surface area contributed by atoms with Crippen LogP contribution in [0.15, 0.2) is 0 Å². The molecule has 0 aliphatic heterocycles. The maximum absolute atomic E-state index is 10.5. The summed E-state index contributed by atoms with van der Waals surface area (Å²) >= 11 is 1.62. The molecular weight excluding hydrogens is 148 g/mol. The highest BCUT2D eigenvalue weighted by molar-refractivity contribution is 8.01. The van der Waals surface area contributed by atoms with Crippen LogP contribution in [0, 0.1) is 0 Å². The second kappa shape index (κ2) is 3.28. The van der Waals surface area contributed by atoms with Gasteiger partial charge in [-0.25, -0.2) is 0 Å². The molecule has 1 aliphatic carbocycles. The minimum Gasteiger partial charge on any atom is -0.480 e. The summed E-state index contributed by atoms with van der Waals surface area (Å²) in [6.07, 6.45) is 3.18. The molecule has 1 atom stereocenters. The molecule has 0 aromatic rings. The van der Waals surface area contributed by atoms with Gasteiger partial charge in [0.15, 0.2) is 0 Å². The number of hydrogen-bond acceptors (Lipinski definition) is 2. The summed E-state index contributed by atoms with van der Waals surface area (Å²) in [5, 5.41) is 9.12. The van der Waals surface area contributed by atoms with E-state index in [2.05, 4.69) is 0 Å². The Bertz CT molecular complexity index is 132. The van der Waals surface area contributed by atoms with Gasteiger partial charge in [-0.1, -0.05) is 6.92 Å². The average Bonchev–Trinajstić information content (AvgIpc) is 2.64. The van der Waals surface area contributed by atoms with Crippen LogP contribution in [-0.2, 0) is 4.79 Å². The van der Waals surface area contributed by atoms with Gasteiger partial charge in [-0.15, -0.1) is 11.8 Å². The highest BCUT2D eigenvalue weighted by Crippen LogP contribution is 2.37. The van der Waals surface area contributed by atoms with Crippen molar-refractivity contribution in [2.24, 2.45) is 0 Å². The van der Waals surface area contributed by atoms with Crippen molar-refractivity contribution in [3.8, 4) is 0 Å². The summed E-state index contributed by atoms with van der Waals surface area (Å²) in [5.74, 6) is -0.653. The Hall–Kier alpha value is -0.180. The highest BCUT2D eigenvalue weighted by atomic mass is 32.2. The topological polar surface area (TPSA) is 37.3 Å². The third kappa shape index (κ3) is 2.21. The van der Waals surface area contributed by atoms with E-state index in [9.17, 15) is 4.79 Å². The molecule has 10 heavy (non-hydrogen) atoms. The van der Waals surface area contributed by atoms with Gasteiger partial charge in [-0.3, -0.25) is 4.79 Å². The summed E-state index contributed by atoms with van der Waals surface area (Å²) in [7, 11) is 0. The normalized spacial score (nSPS) is 20.5. The van der Waals surface area contributed by atoms with Crippen molar-refractivity contribution in [2.45, 2.75) is 36.7 Å². The molecule has 0 bridgehead atoms. The first-order valence-corrected chi connectivity index (χ1v) is 4.56. The molecule has 0 spiro atoms. The first kappa shape index (κ1) is 7.92. The van der Waals surface area contributed by atoms with Crippen LogP contribution < -0.4 is 0 Å². The van der Waals surface area contributed by atoms with Crippen molar-refractivity contribution in [2.75, 3.05) is 0 Å². The van der Waals surface area contributed by atoms with Gasteiger partial charge < -0.3 is 5.11 Å². The zero-order valence-electron chi connectivity index (χ0n) is 6.04. The Morgan fingerprint density at radius 1 is 1.80 bits per heavy atom. The molecule has 0 aromatic heterocycles. The molecule has 0 saturated heterocycles. The lowest BCUT2D eigenvalue weighted by Crippen LogP contribution is -2.15. The van der Waals surface area contributed by atoms with Gasteiger partial charge in [-0.2, -0.15) is 0 Å². The molecule has 58 valence electrons. The molecule has 0 heterocycles. The Morgan fingerprint density at radius 3 is 2.70 bits per heavy atom. The van der Waals surface area contributed by atoms with Gasteiger partial charge in [0, 0.05) is 5.25 Å². The second-order valence-electron chi connectivity index (χ2n) is 2.57. The van der Waals surface area contributed by atoms with Crippen LogP contribution in [-0.4, -0.2) is 21.6 Å². The Labute approximate surface area is 65.0 Å². The minimum absolute atomic E-state index is 0.160. The van der Waals surface area contributed by atoms with Gasteiger partial charge in [0.05, 0.1) is 0 Å². The second-order valence-corrected chi connectivity index (χ2v) is 4.08. The quantitative estimate of drug-likeness (QED) is 0.680. The minimum atomic E-state index is -0.653. The Balaban J connectivity index is 2.24. The van der Waals surface area contributed by atoms with E-state index in [-0.39, 0.29) is 5.25 Å². The van der Waals surface area contributed by atoms with Crippen LogP contribution in [0.5, 0.6) is 0 Å². The molecule has 0 amide bonds. The molecule has 2 nitrogen and oxygen atoms in total. The first-order chi connectivity index (χ1) is 4.74. The molecule has 0 radical (unpaired) electrons. The summed E-state index contributed by atoms with van der Waals surface area (Å²) in [5.41, 5.74) is 0. The van der Waals surface area contributed by atoms with Crippen molar-refractivity contribution in [3.05, 3.63) is 0 Å². The van der Waals surface area contributed by atoms with Gasteiger partial charge in [-0.05, 0) is 19.3 Å². The number of thioether (sulfide) groups is 1. The van der Waals surface area contributed by atoms with Gasteiger partial charge >= 0.3 is 5.97 Å². The van der Waals surface area contributed by atoms with Crippen molar-refractivity contribution in [3.63, 3.8) is 0 Å². The van der Waals surface area contributed by atoms with Crippen LogP contribution in [0.25, 0.3) is 0 Å². The van der Waals surface area contributed by atoms with Crippen molar-refractivity contribution < 1.29 is 9.90 Å². The molecule has 1 unspecified atom stereocenters. The van der Waals surface area contributed by atoms with Crippen LogP contribution in [0.2, 0.25) is 0 Å². The fraction of sp³-hybridized carbons (Fsp3) is 0.857. The predicted molar refractivity (Wildman–Crippen MR) is 42.3 cm³/mol. The zero-order valence-corrected chi connectivity index (χ0v) is 6.86. The predicted octanol–water partition coefficient (Wildman–Crippen LogP) is 1.75. The van der Waals surface area contributed by atoms with E-state index in [0.717, 1.165) is 6.42 Å². The van der Waals surface area contributed by atoms with Crippen LogP contribution in [0.3, 0.4) is 0 Å². The lowest BCUT2D eigenvalue weighted by molar-refractivity contribution is -0.136. The lowest BCUT2D eigenvalue weighted by Gasteiger charge is -2.06. The number of hydrogen-bond donors (Lipinski definition) is 1. The molecule has 1 N–H and O–H groups in total. The zero-order chi connectivity index (χ0) is 7.56.